The lowest BCUT2D eigenvalue weighted by Crippen LogP contribution is -2.35. The van der Waals surface area contributed by atoms with E-state index in [9.17, 15) is 9.59 Å². The van der Waals surface area contributed by atoms with Gasteiger partial charge in [-0.1, -0.05) is 77.3 Å². The summed E-state index contributed by atoms with van der Waals surface area (Å²) < 4.78 is 0. The van der Waals surface area contributed by atoms with Gasteiger partial charge in [0.1, 0.15) is 5.69 Å². The van der Waals surface area contributed by atoms with Gasteiger partial charge in [0, 0.05) is 10.6 Å². The third kappa shape index (κ3) is 5.60. The highest BCUT2D eigenvalue weighted by atomic mass is 35.5. The molecule has 0 aliphatic rings. The highest BCUT2D eigenvalue weighted by Gasteiger charge is 2.17. The first-order valence-corrected chi connectivity index (χ1v) is 10.9. The predicted octanol–water partition coefficient (Wildman–Crippen LogP) is 6.20. The van der Waals surface area contributed by atoms with Gasteiger partial charge in [-0.15, -0.1) is 10.2 Å². The molecule has 1 heterocycles. The summed E-state index contributed by atoms with van der Waals surface area (Å²) in [4.78, 5) is 29.1. The van der Waals surface area contributed by atoms with Crippen molar-refractivity contribution in [3.63, 3.8) is 0 Å². The van der Waals surface area contributed by atoms with Crippen LogP contribution in [0, 0.1) is 0 Å². The number of benzene rings is 3. The van der Waals surface area contributed by atoms with Crippen molar-refractivity contribution in [2.24, 2.45) is 0 Å². The number of carbonyl (C=O) groups is 2. The molecule has 3 aromatic carbocycles. The third-order valence-corrected chi connectivity index (χ3v) is 5.37. The normalized spacial score (nSPS) is 10.4. The second kappa shape index (κ2) is 10.5. The Hall–Kier alpha value is -3.72. The second-order valence-electron chi connectivity index (χ2n) is 6.84. The highest BCUT2D eigenvalue weighted by Crippen LogP contribution is 2.31. The molecular formula is C23H15Cl3N6O2. The number of nitrogens with zero attached hydrogens (tertiary/aromatic N) is 3. The number of anilines is 3. The standard InChI is InChI=1S/C23H15Cl3N6O2/c24-14-10-11-18(17(26)12-14)27-20-19(13-6-2-1-3-7-13)31-32-22(28-20)30-23(34)29-21(33)15-8-4-5-9-16(15)25/h1-12H,(H3,27,28,29,30,32,33,34). The average Bonchev–Trinajstić information content (AvgIpc) is 2.82. The number of imide groups is 1. The number of amides is 3. The maximum Gasteiger partial charge on any atom is 0.328 e. The molecule has 0 spiro atoms. The zero-order chi connectivity index (χ0) is 24.1. The number of halogens is 3. The summed E-state index contributed by atoms with van der Waals surface area (Å²) >= 11 is 18.3. The van der Waals surface area contributed by atoms with Crippen LogP contribution in [0.2, 0.25) is 15.1 Å². The molecule has 8 nitrogen and oxygen atoms in total. The van der Waals surface area contributed by atoms with Crippen LogP contribution in [0.25, 0.3) is 11.3 Å². The SMILES string of the molecule is O=C(NC(=O)c1ccccc1Cl)Nc1nnc(-c2ccccc2)c(Nc2ccc(Cl)cc2Cl)n1. The molecule has 0 fully saturated rings. The van der Waals surface area contributed by atoms with Crippen LogP contribution in [0.15, 0.2) is 72.8 Å². The molecule has 170 valence electrons. The van der Waals surface area contributed by atoms with Crippen LogP contribution < -0.4 is 16.0 Å². The minimum absolute atomic E-state index is 0.142. The van der Waals surface area contributed by atoms with E-state index in [4.69, 9.17) is 34.8 Å². The largest absolute Gasteiger partial charge is 0.337 e. The fourth-order valence-electron chi connectivity index (χ4n) is 2.92. The molecule has 0 unspecified atom stereocenters. The van der Waals surface area contributed by atoms with Crippen molar-refractivity contribution in [3.05, 3.63) is 93.4 Å². The maximum atomic E-state index is 12.4. The van der Waals surface area contributed by atoms with Gasteiger partial charge in [0.25, 0.3) is 11.9 Å². The van der Waals surface area contributed by atoms with Gasteiger partial charge >= 0.3 is 6.03 Å². The van der Waals surface area contributed by atoms with Gasteiger partial charge in [-0.05, 0) is 30.3 Å². The summed E-state index contributed by atoms with van der Waals surface area (Å²) in [5.41, 5.74) is 1.83. The average molecular weight is 514 g/mol. The Morgan fingerprint density at radius 1 is 0.794 bits per heavy atom. The summed E-state index contributed by atoms with van der Waals surface area (Å²) in [6.07, 6.45) is 0. The molecule has 1 aromatic heterocycles. The van der Waals surface area contributed by atoms with Crippen LogP contribution >= 0.6 is 34.8 Å². The van der Waals surface area contributed by atoms with Crippen LogP contribution in [0.1, 0.15) is 10.4 Å². The molecule has 0 saturated heterocycles. The molecule has 0 aliphatic heterocycles. The monoisotopic (exact) mass is 512 g/mol. The summed E-state index contributed by atoms with van der Waals surface area (Å²) in [6, 6.07) is 19.6. The van der Waals surface area contributed by atoms with Crippen LogP contribution in [0.5, 0.6) is 0 Å². The van der Waals surface area contributed by atoms with Crippen molar-refractivity contribution in [2.45, 2.75) is 0 Å². The van der Waals surface area contributed by atoms with Gasteiger partial charge in [0.2, 0.25) is 0 Å². The van der Waals surface area contributed by atoms with Gasteiger partial charge in [0.15, 0.2) is 5.82 Å². The van der Waals surface area contributed by atoms with E-state index in [1.54, 1.807) is 36.4 Å². The highest BCUT2D eigenvalue weighted by molar-refractivity contribution is 6.36. The Labute approximate surface area is 209 Å². The van der Waals surface area contributed by atoms with Gasteiger partial charge in [-0.25, -0.2) is 4.79 Å². The van der Waals surface area contributed by atoms with Gasteiger partial charge in [-0.3, -0.25) is 15.4 Å². The Bertz CT molecular complexity index is 1370. The van der Waals surface area contributed by atoms with Gasteiger partial charge in [-0.2, -0.15) is 4.98 Å². The number of hydrogen-bond acceptors (Lipinski definition) is 6. The smallest absolute Gasteiger partial charge is 0.328 e. The van der Waals surface area contributed by atoms with E-state index in [0.717, 1.165) is 5.56 Å². The van der Waals surface area contributed by atoms with Crippen molar-refractivity contribution in [1.29, 1.82) is 0 Å². The second-order valence-corrected chi connectivity index (χ2v) is 8.09. The molecule has 4 aromatic rings. The van der Waals surface area contributed by atoms with Crippen LogP contribution in [0.3, 0.4) is 0 Å². The fraction of sp³-hybridized carbons (Fsp3) is 0. The van der Waals surface area contributed by atoms with Crippen LogP contribution in [-0.4, -0.2) is 27.1 Å². The van der Waals surface area contributed by atoms with Crippen LogP contribution in [0.4, 0.5) is 22.2 Å². The lowest BCUT2D eigenvalue weighted by atomic mass is 10.1. The number of urea groups is 1. The molecule has 0 atom stereocenters. The molecule has 11 heteroatoms. The minimum Gasteiger partial charge on any atom is -0.337 e. The van der Waals surface area contributed by atoms with Crippen molar-refractivity contribution in [1.82, 2.24) is 20.5 Å². The topological polar surface area (TPSA) is 109 Å². The Morgan fingerprint density at radius 2 is 1.53 bits per heavy atom. The third-order valence-electron chi connectivity index (χ3n) is 4.49. The van der Waals surface area contributed by atoms with E-state index in [0.29, 0.717) is 21.4 Å². The van der Waals surface area contributed by atoms with Crippen LogP contribution in [-0.2, 0) is 0 Å². The number of aromatic nitrogens is 3. The molecule has 0 bridgehead atoms. The van der Waals surface area contributed by atoms with E-state index in [-0.39, 0.29) is 22.4 Å². The van der Waals surface area contributed by atoms with Crippen molar-refractivity contribution in [3.8, 4) is 11.3 Å². The number of carbonyl (C=O) groups excluding carboxylic acids is 2. The Morgan fingerprint density at radius 3 is 2.26 bits per heavy atom. The Balaban J connectivity index is 1.60. The van der Waals surface area contributed by atoms with E-state index in [2.05, 4.69) is 31.1 Å². The quantitative estimate of drug-likeness (QED) is 0.293. The number of hydrogen-bond donors (Lipinski definition) is 3. The van der Waals surface area contributed by atoms with E-state index in [1.807, 2.05) is 30.3 Å². The molecule has 0 radical (unpaired) electrons. The first kappa shape index (κ1) is 23.4. The first-order valence-electron chi connectivity index (χ1n) is 9.80. The zero-order valence-corrected chi connectivity index (χ0v) is 19.5. The summed E-state index contributed by atoms with van der Waals surface area (Å²) in [6.45, 7) is 0. The lowest BCUT2D eigenvalue weighted by molar-refractivity contribution is 0.0967. The predicted molar refractivity (Wildman–Crippen MR) is 133 cm³/mol. The van der Waals surface area contributed by atoms with Crippen molar-refractivity contribution >= 4 is 64.2 Å². The van der Waals surface area contributed by atoms with Gasteiger partial charge in [0.05, 0.1) is 21.3 Å². The van der Waals surface area contributed by atoms with Crippen molar-refractivity contribution < 1.29 is 9.59 Å². The van der Waals surface area contributed by atoms with Crippen molar-refractivity contribution in [2.75, 3.05) is 10.6 Å². The van der Waals surface area contributed by atoms with E-state index >= 15 is 0 Å². The summed E-state index contributed by atoms with van der Waals surface area (Å²) in [5.74, 6) is -0.543. The number of nitrogens with one attached hydrogen (secondary N) is 3. The Kier molecular flexibility index (Phi) is 7.22. The minimum atomic E-state index is -0.852. The molecular weight excluding hydrogens is 499 g/mol. The molecule has 3 amide bonds. The lowest BCUT2D eigenvalue weighted by Gasteiger charge is -2.13. The summed E-state index contributed by atoms with van der Waals surface area (Å²) in [7, 11) is 0. The van der Waals surface area contributed by atoms with E-state index in [1.165, 1.54) is 6.07 Å². The molecule has 0 aliphatic carbocycles. The molecule has 4 rings (SSSR count). The first-order chi connectivity index (χ1) is 16.4. The summed E-state index contributed by atoms with van der Waals surface area (Å²) in [5, 5.41) is 16.9. The molecule has 3 N–H and O–H groups in total. The fourth-order valence-corrected chi connectivity index (χ4v) is 3.60. The maximum absolute atomic E-state index is 12.4. The zero-order valence-electron chi connectivity index (χ0n) is 17.2. The molecule has 34 heavy (non-hydrogen) atoms. The molecule has 0 saturated carbocycles. The van der Waals surface area contributed by atoms with Gasteiger partial charge < -0.3 is 5.32 Å². The van der Waals surface area contributed by atoms with E-state index < -0.39 is 11.9 Å². The number of rotatable bonds is 5.